The highest BCUT2D eigenvalue weighted by atomic mass is 127. The molecular weight excluding hydrogens is 314 g/mol. The zero-order valence-corrected chi connectivity index (χ0v) is 8.76. The summed E-state index contributed by atoms with van der Waals surface area (Å²) in [6, 6.07) is 1.35. The average molecular weight is 319 g/mol. The molecule has 8 heteroatoms. The topological polar surface area (TPSA) is 74.2 Å². The van der Waals surface area contributed by atoms with Crippen molar-refractivity contribution in [2.75, 3.05) is 11.5 Å². The predicted molar refractivity (Wildman–Crippen MR) is 52.5 cm³/mol. The van der Waals surface area contributed by atoms with Crippen molar-refractivity contribution in [1.82, 2.24) is 4.98 Å². The second-order valence-corrected chi connectivity index (χ2v) is 3.46. The van der Waals surface area contributed by atoms with Crippen LogP contribution in [0.2, 0.25) is 0 Å². The van der Waals surface area contributed by atoms with Crippen LogP contribution in [0, 0.1) is 3.57 Å². The molecule has 0 saturated carbocycles. The lowest BCUT2D eigenvalue weighted by Crippen LogP contribution is -2.19. The summed E-state index contributed by atoms with van der Waals surface area (Å²) in [6.45, 7) is 0. The largest absolute Gasteiger partial charge is 0.574 e. The number of aromatic nitrogens is 1. The first-order valence-electron chi connectivity index (χ1n) is 3.27. The summed E-state index contributed by atoms with van der Waals surface area (Å²) in [5, 5.41) is 0. The van der Waals surface area contributed by atoms with Crippen LogP contribution in [0.15, 0.2) is 6.07 Å². The van der Waals surface area contributed by atoms with E-state index in [0.29, 0.717) is 3.57 Å². The van der Waals surface area contributed by atoms with Gasteiger partial charge in [0.1, 0.15) is 11.5 Å². The van der Waals surface area contributed by atoms with Crippen molar-refractivity contribution in [1.29, 1.82) is 0 Å². The fourth-order valence-electron chi connectivity index (χ4n) is 0.707. The lowest BCUT2D eigenvalue weighted by Gasteiger charge is -2.11. The first-order chi connectivity index (χ1) is 6.29. The van der Waals surface area contributed by atoms with Crippen LogP contribution in [0.1, 0.15) is 0 Å². The fraction of sp³-hybridized carbons (Fsp3) is 0.167. The van der Waals surface area contributed by atoms with Gasteiger partial charge >= 0.3 is 6.36 Å². The van der Waals surface area contributed by atoms with Gasteiger partial charge in [-0.05, 0) is 28.7 Å². The summed E-state index contributed by atoms with van der Waals surface area (Å²) >= 11 is 1.73. The van der Waals surface area contributed by atoms with Gasteiger partial charge in [-0.3, -0.25) is 0 Å². The van der Waals surface area contributed by atoms with E-state index in [1.165, 1.54) is 6.07 Å². The molecule has 0 radical (unpaired) electrons. The van der Waals surface area contributed by atoms with Gasteiger partial charge in [0.05, 0.1) is 0 Å². The highest BCUT2D eigenvalue weighted by Gasteiger charge is 2.33. The van der Waals surface area contributed by atoms with Crippen LogP contribution in [0.25, 0.3) is 0 Å². The highest BCUT2D eigenvalue weighted by molar-refractivity contribution is 14.1. The number of nitrogens with two attached hydrogens (primary N) is 2. The Bertz CT molecular complexity index is 355. The molecule has 0 fully saturated rings. The maximum atomic E-state index is 11.8. The molecule has 14 heavy (non-hydrogen) atoms. The van der Waals surface area contributed by atoms with Gasteiger partial charge in [-0.1, -0.05) is 0 Å². The number of ether oxygens (including phenoxy) is 1. The van der Waals surface area contributed by atoms with Crippen molar-refractivity contribution in [3.8, 4) is 5.88 Å². The Hall–Kier alpha value is -0.930. The number of pyridine rings is 1. The minimum atomic E-state index is -4.82. The maximum Gasteiger partial charge on any atom is 0.574 e. The lowest BCUT2D eigenvalue weighted by molar-refractivity contribution is -0.275. The van der Waals surface area contributed by atoms with E-state index >= 15 is 0 Å². The second-order valence-electron chi connectivity index (χ2n) is 2.30. The third kappa shape index (κ3) is 2.79. The Labute approximate surface area is 90.6 Å². The van der Waals surface area contributed by atoms with Gasteiger partial charge in [0.2, 0.25) is 5.88 Å². The molecule has 0 unspecified atom stereocenters. The number of hydrogen-bond donors (Lipinski definition) is 2. The number of rotatable bonds is 1. The molecule has 0 atom stereocenters. The monoisotopic (exact) mass is 319 g/mol. The maximum absolute atomic E-state index is 11.8. The van der Waals surface area contributed by atoms with Crippen molar-refractivity contribution in [3.63, 3.8) is 0 Å². The Morgan fingerprint density at radius 3 is 2.43 bits per heavy atom. The van der Waals surface area contributed by atoms with E-state index in [1.807, 2.05) is 0 Å². The van der Waals surface area contributed by atoms with Gasteiger partial charge in [-0.25, -0.2) is 0 Å². The molecule has 0 saturated heterocycles. The minimum absolute atomic E-state index is 0.0807. The van der Waals surface area contributed by atoms with Crippen LogP contribution in [-0.2, 0) is 0 Å². The lowest BCUT2D eigenvalue weighted by atomic mass is 10.4. The van der Waals surface area contributed by atoms with E-state index in [-0.39, 0.29) is 11.5 Å². The van der Waals surface area contributed by atoms with E-state index in [9.17, 15) is 13.2 Å². The molecule has 0 aliphatic heterocycles. The van der Waals surface area contributed by atoms with E-state index in [0.717, 1.165) is 0 Å². The second kappa shape index (κ2) is 3.67. The van der Waals surface area contributed by atoms with Crippen LogP contribution in [0.3, 0.4) is 0 Å². The Balaban J connectivity index is 3.09. The molecular formula is C6H5F3IN3O. The summed E-state index contributed by atoms with van der Waals surface area (Å²) in [5.41, 5.74) is 10.4. The Morgan fingerprint density at radius 2 is 1.93 bits per heavy atom. The molecule has 0 amide bonds. The average Bonchev–Trinajstić information content (AvgIpc) is 1.96. The molecule has 0 spiro atoms. The van der Waals surface area contributed by atoms with Crippen molar-refractivity contribution in [2.45, 2.75) is 6.36 Å². The van der Waals surface area contributed by atoms with Gasteiger partial charge in [0.25, 0.3) is 0 Å². The smallest absolute Gasteiger partial charge is 0.393 e. The van der Waals surface area contributed by atoms with Crippen LogP contribution in [-0.4, -0.2) is 11.3 Å². The van der Waals surface area contributed by atoms with Gasteiger partial charge in [-0.15, -0.1) is 13.2 Å². The van der Waals surface area contributed by atoms with Crippen LogP contribution < -0.4 is 16.2 Å². The molecule has 78 valence electrons. The number of nitrogens with zero attached hydrogens (tertiary/aromatic N) is 1. The van der Waals surface area contributed by atoms with Crippen LogP contribution in [0.5, 0.6) is 5.88 Å². The molecule has 0 aliphatic rings. The SMILES string of the molecule is Nc1cc(I)c(N)c(OC(F)(F)F)n1. The fourth-order valence-corrected chi connectivity index (χ4v) is 1.26. The Kier molecular flexibility index (Phi) is 2.92. The standard InChI is InChI=1S/C6H5F3IN3O/c7-6(8,9)14-5-4(12)2(10)1-3(11)13-5/h1H,12H2,(H2,11,13). The number of anilines is 2. The first-order valence-corrected chi connectivity index (χ1v) is 4.34. The number of alkyl halides is 3. The zero-order chi connectivity index (χ0) is 10.9. The summed E-state index contributed by atoms with van der Waals surface area (Å²) < 4.78 is 39.4. The number of nitrogen functional groups attached to an aromatic ring is 2. The molecule has 1 rings (SSSR count). The van der Waals surface area contributed by atoms with Gasteiger partial charge in [0.15, 0.2) is 0 Å². The third-order valence-corrected chi connectivity index (χ3v) is 2.10. The van der Waals surface area contributed by atoms with E-state index in [1.54, 1.807) is 22.6 Å². The van der Waals surface area contributed by atoms with Crippen molar-refractivity contribution >= 4 is 34.1 Å². The van der Waals surface area contributed by atoms with Crippen molar-refractivity contribution in [3.05, 3.63) is 9.64 Å². The van der Waals surface area contributed by atoms with Crippen molar-refractivity contribution in [2.24, 2.45) is 0 Å². The zero-order valence-electron chi connectivity index (χ0n) is 6.60. The van der Waals surface area contributed by atoms with E-state index in [4.69, 9.17) is 11.5 Å². The number of hydrogen-bond acceptors (Lipinski definition) is 4. The summed E-state index contributed by atoms with van der Waals surface area (Å²) in [5.74, 6) is -0.801. The normalized spacial score (nSPS) is 11.4. The predicted octanol–water partition coefficient (Wildman–Crippen LogP) is 1.75. The highest BCUT2D eigenvalue weighted by Crippen LogP contribution is 2.30. The van der Waals surface area contributed by atoms with Crippen molar-refractivity contribution < 1.29 is 17.9 Å². The first kappa shape index (κ1) is 11.1. The number of halogens is 4. The molecule has 0 aliphatic carbocycles. The van der Waals surface area contributed by atoms with E-state index in [2.05, 4.69) is 9.72 Å². The molecule has 1 heterocycles. The Morgan fingerprint density at radius 1 is 1.36 bits per heavy atom. The molecule has 0 aromatic carbocycles. The molecule has 4 N–H and O–H groups in total. The molecule has 1 aromatic rings. The summed E-state index contributed by atoms with van der Waals surface area (Å²) in [7, 11) is 0. The summed E-state index contributed by atoms with van der Waals surface area (Å²) in [4.78, 5) is 3.32. The van der Waals surface area contributed by atoms with E-state index < -0.39 is 12.2 Å². The minimum Gasteiger partial charge on any atom is -0.393 e. The quantitative estimate of drug-likeness (QED) is 0.774. The molecule has 1 aromatic heterocycles. The third-order valence-electron chi connectivity index (χ3n) is 1.21. The molecule has 4 nitrogen and oxygen atoms in total. The molecule has 0 bridgehead atoms. The van der Waals surface area contributed by atoms with Gasteiger partial charge in [0, 0.05) is 3.57 Å². The van der Waals surface area contributed by atoms with Crippen LogP contribution >= 0.6 is 22.6 Å². The summed E-state index contributed by atoms with van der Waals surface area (Å²) in [6.07, 6.45) is -4.82. The van der Waals surface area contributed by atoms with Gasteiger partial charge in [-0.2, -0.15) is 4.98 Å². The van der Waals surface area contributed by atoms with Gasteiger partial charge < -0.3 is 16.2 Å². The van der Waals surface area contributed by atoms with Crippen LogP contribution in [0.4, 0.5) is 24.7 Å².